The molecule has 2 amide bonds. The minimum absolute atomic E-state index is 0.283. The number of carboxylic acid groups (broad SMARTS) is 1. The molecule has 2 N–H and O–H groups in total. The maximum Gasteiger partial charge on any atom is 0.303 e. The zero-order valence-electron chi connectivity index (χ0n) is 18.1. The molecular weight excluding hydrogens is 426 g/mol. The Labute approximate surface area is 192 Å². The normalized spacial score (nSPS) is 14.8. The molecule has 1 aliphatic rings. The van der Waals surface area contributed by atoms with E-state index in [1.54, 1.807) is 6.08 Å². The summed E-state index contributed by atoms with van der Waals surface area (Å²) in [7, 11) is 0. The molecule has 0 unspecified atom stereocenters. The molecule has 0 radical (unpaired) electrons. The Balaban J connectivity index is 1.36. The Morgan fingerprint density at radius 2 is 1.56 bits per heavy atom. The lowest BCUT2D eigenvalue weighted by Gasteiger charge is -2.08. The fourth-order valence-electron chi connectivity index (χ4n) is 3.62. The molecule has 6 nitrogen and oxygen atoms in total. The van der Waals surface area contributed by atoms with Crippen molar-refractivity contribution in [2.45, 2.75) is 57.8 Å². The molecule has 0 aliphatic carbocycles. The Morgan fingerprint density at radius 1 is 0.906 bits per heavy atom. The second-order valence-corrected chi connectivity index (χ2v) is 8.96. The SMILES string of the molecule is O=C(O)CCCCCCCCCCOc1ccc2cc(C=C3SC(=O)NC3=O)ccc2c1. The zero-order chi connectivity index (χ0) is 22.8. The first-order chi connectivity index (χ1) is 15.5. The van der Waals surface area contributed by atoms with Crippen LogP contribution < -0.4 is 10.1 Å². The molecule has 7 heteroatoms. The van der Waals surface area contributed by atoms with Crippen molar-refractivity contribution < 1.29 is 24.2 Å². The van der Waals surface area contributed by atoms with Crippen molar-refractivity contribution in [3.63, 3.8) is 0 Å². The molecule has 170 valence electrons. The number of rotatable bonds is 13. The van der Waals surface area contributed by atoms with Crippen LogP contribution in [0.5, 0.6) is 5.75 Å². The number of thioether (sulfide) groups is 1. The number of benzene rings is 2. The molecule has 0 spiro atoms. The van der Waals surface area contributed by atoms with E-state index < -0.39 is 5.97 Å². The van der Waals surface area contributed by atoms with Crippen molar-refractivity contribution in [2.75, 3.05) is 6.61 Å². The number of nitrogens with one attached hydrogen (secondary N) is 1. The molecule has 1 heterocycles. The van der Waals surface area contributed by atoms with Gasteiger partial charge >= 0.3 is 5.97 Å². The van der Waals surface area contributed by atoms with Crippen LogP contribution in [0.3, 0.4) is 0 Å². The summed E-state index contributed by atoms with van der Waals surface area (Å²) in [6, 6.07) is 11.9. The third-order valence-corrected chi connectivity index (χ3v) is 6.14. The molecule has 1 fully saturated rings. The molecule has 3 rings (SSSR count). The zero-order valence-corrected chi connectivity index (χ0v) is 18.9. The van der Waals surface area contributed by atoms with E-state index in [0.717, 1.165) is 66.0 Å². The Bertz CT molecular complexity index is 1000. The van der Waals surface area contributed by atoms with E-state index in [1.165, 1.54) is 19.3 Å². The first kappa shape index (κ1) is 23.9. The lowest BCUT2D eigenvalue weighted by Crippen LogP contribution is -2.17. The van der Waals surface area contributed by atoms with Crippen LogP contribution in [-0.4, -0.2) is 28.8 Å². The molecule has 1 aliphatic heterocycles. The fraction of sp³-hybridized carbons (Fsp3) is 0.400. The molecule has 0 saturated carbocycles. The number of carbonyl (C=O) groups is 3. The lowest BCUT2D eigenvalue weighted by molar-refractivity contribution is -0.137. The maximum atomic E-state index is 11.7. The summed E-state index contributed by atoms with van der Waals surface area (Å²) in [5.41, 5.74) is 0.875. The number of carbonyl (C=O) groups excluding carboxylic acids is 2. The van der Waals surface area contributed by atoms with E-state index >= 15 is 0 Å². The smallest absolute Gasteiger partial charge is 0.303 e. The molecule has 0 aromatic heterocycles. The average Bonchev–Trinajstić information content (AvgIpc) is 3.08. The largest absolute Gasteiger partial charge is 0.494 e. The highest BCUT2D eigenvalue weighted by Gasteiger charge is 2.24. The van der Waals surface area contributed by atoms with Crippen molar-refractivity contribution in [1.82, 2.24) is 5.32 Å². The maximum absolute atomic E-state index is 11.7. The lowest BCUT2D eigenvalue weighted by atomic mass is 10.1. The highest BCUT2D eigenvalue weighted by molar-refractivity contribution is 8.18. The second-order valence-electron chi connectivity index (χ2n) is 7.94. The van der Waals surface area contributed by atoms with Gasteiger partial charge in [0.15, 0.2) is 0 Å². The van der Waals surface area contributed by atoms with E-state index in [9.17, 15) is 14.4 Å². The summed E-state index contributed by atoms with van der Waals surface area (Å²) >= 11 is 0.919. The van der Waals surface area contributed by atoms with Gasteiger partial charge in [-0.15, -0.1) is 0 Å². The molecule has 2 aromatic carbocycles. The third kappa shape index (κ3) is 7.71. The Hall–Kier alpha value is -2.80. The standard InChI is InChI=1S/C25H29NO5S/c27-23(28)9-7-5-3-1-2-4-6-8-14-31-21-13-12-19-15-18(10-11-20(19)17-21)16-22-24(29)26-25(30)32-22/h10-13,15-17H,1-9,14H2,(H,27,28)(H,26,29,30). The van der Waals surface area contributed by atoms with E-state index in [4.69, 9.17) is 9.84 Å². The van der Waals surface area contributed by atoms with Gasteiger partial charge in [-0.25, -0.2) is 0 Å². The minimum atomic E-state index is -0.702. The van der Waals surface area contributed by atoms with Crippen LogP contribution in [0.25, 0.3) is 16.8 Å². The van der Waals surface area contributed by atoms with Gasteiger partial charge < -0.3 is 9.84 Å². The van der Waals surface area contributed by atoms with Gasteiger partial charge in [0, 0.05) is 6.42 Å². The van der Waals surface area contributed by atoms with Crippen molar-refractivity contribution >= 4 is 45.7 Å². The summed E-state index contributed by atoms with van der Waals surface area (Å²) in [6.07, 6.45) is 10.6. The van der Waals surface area contributed by atoms with Crippen LogP contribution in [0, 0.1) is 0 Å². The third-order valence-electron chi connectivity index (χ3n) is 5.33. The van der Waals surface area contributed by atoms with Crippen LogP contribution in [0.4, 0.5) is 4.79 Å². The van der Waals surface area contributed by atoms with Crippen LogP contribution in [0.1, 0.15) is 63.4 Å². The van der Waals surface area contributed by atoms with Crippen molar-refractivity contribution in [1.29, 1.82) is 0 Å². The van der Waals surface area contributed by atoms with Crippen LogP contribution in [-0.2, 0) is 9.59 Å². The Morgan fingerprint density at radius 3 is 2.25 bits per heavy atom. The average molecular weight is 456 g/mol. The summed E-state index contributed by atoms with van der Waals surface area (Å²) in [4.78, 5) is 33.9. The number of aliphatic carboxylic acids is 1. The number of hydrogen-bond donors (Lipinski definition) is 2. The van der Waals surface area contributed by atoms with E-state index in [2.05, 4.69) is 5.32 Å². The number of carboxylic acids is 1. The van der Waals surface area contributed by atoms with E-state index in [-0.39, 0.29) is 17.6 Å². The molecule has 0 atom stereocenters. The summed E-state index contributed by atoms with van der Waals surface area (Å²) in [5.74, 6) is -0.204. The highest BCUT2D eigenvalue weighted by Crippen LogP contribution is 2.28. The van der Waals surface area contributed by atoms with Crippen molar-refractivity contribution in [3.8, 4) is 5.75 Å². The van der Waals surface area contributed by atoms with Gasteiger partial charge in [-0.05, 0) is 65.2 Å². The number of imide groups is 1. The van der Waals surface area contributed by atoms with Gasteiger partial charge in [0.1, 0.15) is 5.75 Å². The monoisotopic (exact) mass is 455 g/mol. The number of amides is 2. The van der Waals surface area contributed by atoms with Crippen molar-refractivity contribution in [2.24, 2.45) is 0 Å². The highest BCUT2D eigenvalue weighted by atomic mass is 32.2. The molecular formula is C25H29NO5S. The molecule has 32 heavy (non-hydrogen) atoms. The number of ether oxygens (including phenoxy) is 1. The van der Waals surface area contributed by atoms with Gasteiger partial charge in [-0.1, -0.05) is 56.7 Å². The Kier molecular flexibility index (Phi) is 9.16. The van der Waals surface area contributed by atoms with Crippen LogP contribution in [0.2, 0.25) is 0 Å². The second kappa shape index (κ2) is 12.3. The van der Waals surface area contributed by atoms with E-state index in [1.807, 2.05) is 36.4 Å². The van der Waals surface area contributed by atoms with Crippen LogP contribution >= 0.6 is 11.8 Å². The van der Waals surface area contributed by atoms with Crippen molar-refractivity contribution in [3.05, 3.63) is 46.9 Å². The van der Waals surface area contributed by atoms with Gasteiger partial charge in [0.2, 0.25) is 0 Å². The summed E-state index contributed by atoms with van der Waals surface area (Å²) in [5, 5.41) is 12.6. The first-order valence-corrected chi connectivity index (χ1v) is 12.0. The molecule has 1 saturated heterocycles. The first-order valence-electron chi connectivity index (χ1n) is 11.1. The van der Waals surface area contributed by atoms with E-state index in [0.29, 0.717) is 11.5 Å². The number of hydrogen-bond acceptors (Lipinski definition) is 5. The van der Waals surface area contributed by atoms with Crippen LogP contribution in [0.15, 0.2) is 41.3 Å². The number of fused-ring (bicyclic) bond motifs is 1. The topological polar surface area (TPSA) is 92.7 Å². The van der Waals surface area contributed by atoms with Gasteiger partial charge in [-0.3, -0.25) is 19.7 Å². The number of unbranched alkanes of at least 4 members (excludes halogenated alkanes) is 7. The summed E-state index contributed by atoms with van der Waals surface area (Å²) < 4.78 is 5.90. The molecule has 2 aromatic rings. The van der Waals surface area contributed by atoms with Gasteiger partial charge in [-0.2, -0.15) is 0 Å². The minimum Gasteiger partial charge on any atom is -0.494 e. The quantitative estimate of drug-likeness (QED) is 0.278. The van der Waals surface area contributed by atoms with Gasteiger partial charge in [0.05, 0.1) is 11.5 Å². The molecule has 0 bridgehead atoms. The fourth-order valence-corrected chi connectivity index (χ4v) is 4.31. The summed E-state index contributed by atoms with van der Waals surface area (Å²) in [6.45, 7) is 0.689. The predicted molar refractivity (Wildman–Crippen MR) is 128 cm³/mol. The predicted octanol–water partition coefficient (Wildman–Crippen LogP) is 6.14. The van der Waals surface area contributed by atoms with Gasteiger partial charge in [0.25, 0.3) is 11.1 Å².